The minimum absolute atomic E-state index is 0.0278. The maximum absolute atomic E-state index is 13.7. The molecule has 45 heavy (non-hydrogen) atoms. The van der Waals surface area contributed by atoms with Crippen molar-refractivity contribution in [1.29, 1.82) is 5.26 Å². The van der Waals surface area contributed by atoms with Gasteiger partial charge in [-0.3, -0.25) is 14.5 Å². The number of hydrogen-bond acceptors (Lipinski definition) is 6. The fraction of sp³-hybridized carbons (Fsp3) is 0.222. The van der Waals surface area contributed by atoms with Gasteiger partial charge in [0.25, 0.3) is 11.8 Å². The summed E-state index contributed by atoms with van der Waals surface area (Å²) >= 11 is 0. The van der Waals surface area contributed by atoms with E-state index in [4.69, 9.17) is 14.6 Å². The maximum atomic E-state index is 13.7. The Labute approximate surface area is 261 Å². The van der Waals surface area contributed by atoms with Crippen molar-refractivity contribution in [1.82, 2.24) is 14.7 Å². The second kappa shape index (κ2) is 14.0. The number of ether oxygens (including phenoxy) is 2. The summed E-state index contributed by atoms with van der Waals surface area (Å²) in [6.07, 6.45) is 3.99. The molecule has 0 spiro atoms. The Morgan fingerprint density at radius 3 is 2.36 bits per heavy atom. The molecule has 228 valence electrons. The molecule has 8 nitrogen and oxygen atoms in total. The van der Waals surface area contributed by atoms with Crippen LogP contribution in [-0.2, 0) is 20.9 Å². The number of nitrogens with zero attached hydrogens (tertiary/aromatic N) is 4. The molecule has 0 radical (unpaired) electrons. The fourth-order valence-electron chi connectivity index (χ4n) is 4.92. The van der Waals surface area contributed by atoms with Crippen molar-refractivity contribution >= 4 is 17.9 Å². The zero-order valence-electron chi connectivity index (χ0n) is 25.4. The molecule has 4 aromatic rings. The van der Waals surface area contributed by atoms with E-state index in [2.05, 4.69) is 0 Å². The summed E-state index contributed by atoms with van der Waals surface area (Å²) in [6, 6.07) is 25.1. The third-order valence-electron chi connectivity index (χ3n) is 7.31. The van der Waals surface area contributed by atoms with Gasteiger partial charge in [0.15, 0.2) is 0 Å². The van der Waals surface area contributed by atoms with Crippen LogP contribution in [0.3, 0.4) is 0 Å². The van der Waals surface area contributed by atoms with Gasteiger partial charge >= 0.3 is 0 Å². The Hall–Kier alpha value is -5.33. The van der Waals surface area contributed by atoms with Crippen LogP contribution in [0.25, 0.3) is 23.0 Å². The molecule has 9 heteroatoms. The molecule has 2 heterocycles. The first kappa shape index (κ1) is 31.1. The van der Waals surface area contributed by atoms with E-state index < -0.39 is 11.8 Å². The highest BCUT2D eigenvalue weighted by molar-refractivity contribution is 6.19. The van der Waals surface area contributed by atoms with Gasteiger partial charge in [-0.15, -0.1) is 0 Å². The summed E-state index contributed by atoms with van der Waals surface area (Å²) in [7, 11) is 0. The molecule has 5 rings (SSSR count). The summed E-state index contributed by atoms with van der Waals surface area (Å²) in [6.45, 7) is 6.26. The second-order valence-corrected chi connectivity index (χ2v) is 10.9. The van der Waals surface area contributed by atoms with Crippen molar-refractivity contribution in [2.45, 2.75) is 39.9 Å². The van der Waals surface area contributed by atoms with Crippen LogP contribution < -0.4 is 4.74 Å². The lowest BCUT2D eigenvalue weighted by molar-refractivity contribution is -0.140. The molecule has 2 amide bonds. The smallest absolute Gasteiger partial charge is 0.271 e. The number of nitriles is 1. The van der Waals surface area contributed by atoms with E-state index in [1.807, 2.05) is 80.7 Å². The van der Waals surface area contributed by atoms with Gasteiger partial charge in [0, 0.05) is 36.0 Å². The molecule has 1 aliphatic rings. The van der Waals surface area contributed by atoms with E-state index in [-0.39, 0.29) is 36.2 Å². The highest BCUT2D eigenvalue weighted by atomic mass is 19.1. The minimum Gasteiger partial charge on any atom is -0.489 e. The predicted molar refractivity (Wildman–Crippen MR) is 168 cm³/mol. The summed E-state index contributed by atoms with van der Waals surface area (Å²) < 4.78 is 26.4. The molecule has 0 saturated heterocycles. The van der Waals surface area contributed by atoms with Crippen LogP contribution in [0.5, 0.6) is 5.75 Å². The van der Waals surface area contributed by atoms with Crippen LogP contribution in [0, 0.1) is 17.1 Å². The van der Waals surface area contributed by atoms with Gasteiger partial charge in [-0.2, -0.15) is 10.4 Å². The Kier molecular flexibility index (Phi) is 9.66. The van der Waals surface area contributed by atoms with E-state index >= 15 is 0 Å². The third-order valence-corrected chi connectivity index (χ3v) is 7.31. The molecule has 0 bridgehead atoms. The van der Waals surface area contributed by atoms with Gasteiger partial charge in [-0.1, -0.05) is 30.3 Å². The Bertz CT molecular complexity index is 1780. The first-order valence-electron chi connectivity index (χ1n) is 14.7. The molecule has 0 atom stereocenters. The van der Waals surface area contributed by atoms with Crippen LogP contribution in [0.2, 0.25) is 0 Å². The highest BCUT2D eigenvalue weighted by Gasteiger charge is 2.35. The maximum Gasteiger partial charge on any atom is 0.271 e. The largest absolute Gasteiger partial charge is 0.489 e. The number of imide groups is 1. The lowest BCUT2D eigenvalue weighted by Crippen LogP contribution is -2.43. The van der Waals surface area contributed by atoms with E-state index in [9.17, 15) is 19.2 Å². The summed E-state index contributed by atoms with van der Waals surface area (Å²) in [5.74, 6) is -0.744. The molecular weight excluding hydrogens is 571 g/mol. The van der Waals surface area contributed by atoms with Crippen LogP contribution in [0.15, 0.2) is 102 Å². The Morgan fingerprint density at radius 1 is 0.978 bits per heavy atom. The van der Waals surface area contributed by atoms with E-state index in [0.29, 0.717) is 35.6 Å². The van der Waals surface area contributed by atoms with Crippen molar-refractivity contribution in [3.05, 3.63) is 119 Å². The number of amides is 2. The molecule has 0 saturated carbocycles. The van der Waals surface area contributed by atoms with Gasteiger partial charge in [0.2, 0.25) is 0 Å². The van der Waals surface area contributed by atoms with Crippen molar-refractivity contribution in [3.63, 3.8) is 0 Å². The van der Waals surface area contributed by atoms with Crippen molar-refractivity contribution < 1.29 is 23.5 Å². The van der Waals surface area contributed by atoms with Crippen LogP contribution in [0.1, 0.15) is 38.3 Å². The van der Waals surface area contributed by atoms with E-state index in [1.165, 1.54) is 12.1 Å². The lowest BCUT2D eigenvalue weighted by Gasteiger charge is -2.27. The predicted octanol–water partition coefficient (Wildman–Crippen LogP) is 6.66. The van der Waals surface area contributed by atoms with Gasteiger partial charge < -0.3 is 9.47 Å². The van der Waals surface area contributed by atoms with E-state index in [0.717, 1.165) is 21.7 Å². The van der Waals surface area contributed by atoms with E-state index in [1.54, 1.807) is 29.8 Å². The molecular formula is C36H33FN4O4. The molecule has 0 N–H and O–H groups in total. The second-order valence-electron chi connectivity index (χ2n) is 10.9. The molecule has 1 aromatic heterocycles. The van der Waals surface area contributed by atoms with Crippen LogP contribution in [0.4, 0.5) is 4.39 Å². The van der Waals surface area contributed by atoms with Gasteiger partial charge in [-0.05, 0) is 92.9 Å². The number of carbonyl (C=O) groups is 2. The number of halogens is 1. The lowest BCUT2D eigenvalue weighted by atomic mass is 9.93. The first-order valence-corrected chi connectivity index (χ1v) is 14.7. The average Bonchev–Trinajstić information content (AvgIpc) is 3.47. The first-order chi connectivity index (χ1) is 21.7. The molecule has 0 fully saturated rings. The minimum atomic E-state index is -0.599. The molecule has 0 aliphatic carbocycles. The number of rotatable bonds is 11. The van der Waals surface area contributed by atoms with Crippen molar-refractivity contribution in [2.24, 2.45) is 0 Å². The van der Waals surface area contributed by atoms with Gasteiger partial charge in [0.05, 0.1) is 17.5 Å². The van der Waals surface area contributed by atoms with Gasteiger partial charge in [-0.25, -0.2) is 9.07 Å². The average molecular weight is 605 g/mol. The number of benzene rings is 3. The normalized spacial score (nSPS) is 14.4. The summed E-state index contributed by atoms with van der Waals surface area (Å²) in [5, 5.41) is 14.7. The number of hydrogen-bond donors (Lipinski definition) is 0. The molecule has 1 aliphatic heterocycles. The standard InChI is InChI=1S/C36H33FN4O4/c1-24(2)44-19-7-18-40-35(42)32(25(3)33(21-38)36(40)43)20-28-22-41(30-8-5-4-6-9-30)39-34(28)27-12-16-31(17-13-27)45-23-26-10-14-29(37)15-11-26/h4-6,8-17,20,22,24H,7,18-19,23H2,1-3H3/b32-20+. The zero-order chi connectivity index (χ0) is 31.9. The summed E-state index contributed by atoms with van der Waals surface area (Å²) in [4.78, 5) is 27.9. The molecule has 3 aromatic carbocycles. The van der Waals surface area contributed by atoms with Gasteiger partial charge in [0.1, 0.15) is 29.8 Å². The zero-order valence-corrected chi connectivity index (χ0v) is 25.4. The quantitative estimate of drug-likeness (QED) is 0.108. The number of carbonyl (C=O) groups excluding carboxylic acids is 2. The molecule has 0 unspecified atom stereocenters. The summed E-state index contributed by atoms with van der Waals surface area (Å²) in [5.41, 5.74) is 4.19. The van der Waals surface area contributed by atoms with Crippen molar-refractivity contribution in [3.8, 4) is 28.8 Å². The van der Waals surface area contributed by atoms with Crippen LogP contribution >= 0.6 is 0 Å². The number of aromatic nitrogens is 2. The topological polar surface area (TPSA) is 97.5 Å². The number of para-hydroxylation sites is 1. The Balaban J connectivity index is 1.49. The SMILES string of the molecule is CC1=C(C#N)C(=O)N(CCCOC(C)C)C(=O)/C1=C/c1cn(-c2ccccc2)nc1-c1ccc(OCc2ccc(F)cc2)cc1. The van der Waals surface area contributed by atoms with Crippen molar-refractivity contribution in [2.75, 3.05) is 13.2 Å². The fourth-order valence-corrected chi connectivity index (χ4v) is 4.92. The Morgan fingerprint density at radius 2 is 1.69 bits per heavy atom. The monoisotopic (exact) mass is 604 g/mol. The highest BCUT2D eigenvalue weighted by Crippen LogP contribution is 2.32. The van der Waals surface area contributed by atoms with Crippen LogP contribution in [-0.4, -0.2) is 45.8 Å². The third kappa shape index (κ3) is 7.25.